The fourth-order valence-electron chi connectivity index (χ4n) is 3.90. The number of hydrogen-bond acceptors (Lipinski definition) is 3. The average Bonchev–Trinajstić information content (AvgIpc) is 2.41. The van der Waals surface area contributed by atoms with E-state index in [1.807, 2.05) is 0 Å². The van der Waals surface area contributed by atoms with Crippen LogP contribution in [0.3, 0.4) is 0 Å². The van der Waals surface area contributed by atoms with Gasteiger partial charge in [-0.1, -0.05) is 13.8 Å². The van der Waals surface area contributed by atoms with Gasteiger partial charge in [-0.3, -0.25) is 11.3 Å². The zero-order valence-electron chi connectivity index (χ0n) is 12.0. The first-order valence-corrected chi connectivity index (χ1v) is 7.76. The summed E-state index contributed by atoms with van der Waals surface area (Å²) in [4.78, 5) is 0. The predicted octanol–water partition coefficient (Wildman–Crippen LogP) is 2.71. The van der Waals surface area contributed by atoms with Crippen LogP contribution < -0.4 is 11.3 Å². The Morgan fingerprint density at radius 1 is 0.889 bits per heavy atom. The molecule has 1 aliphatic heterocycles. The fourth-order valence-corrected chi connectivity index (χ4v) is 3.90. The molecule has 0 amide bonds. The van der Waals surface area contributed by atoms with E-state index in [4.69, 9.17) is 10.6 Å². The Hall–Kier alpha value is -0.120. The van der Waals surface area contributed by atoms with E-state index in [9.17, 15) is 0 Å². The molecule has 0 bridgehead atoms. The van der Waals surface area contributed by atoms with E-state index in [1.54, 1.807) is 0 Å². The lowest BCUT2D eigenvalue weighted by molar-refractivity contribution is 0.0371. The molecule has 1 saturated carbocycles. The van der Waals surface area contributed by atoms with E-state index in [1.165, 1.54) is 38.5 Å². The summed E-state index contributed by atoms with van der Waals surface area (Å²) in [7, 11) is 0. The number of ether oxygens (including phenoxy) is 1. The second kappa shape index (κ2) is 6.88. The van der Waals surface area contributed by atoms with Crippen molar-refractivity contribution in [3.63, 3.8) is 0 Å². The van der Waals surface area contributed by atoms with Crippen LogP contribution >= 0.6 is 0 Å². The number of rotatable bonds is 4. The van der Waals surface area contributed by atoms with Gasteiger partial charge in [-0.25, -0.2) is 0 Å². The topological polar surface area (TPSA) is 47.3 Å². The van der Waals surface area contributed by atoms with Crippen LogP contribution in [0.15, 0.2) is 0 Å². The van der Waals surface area contributed by atoms with E-state index in [0.29, 0.717) is 6.04 Å². The first-order valence-electron chi connectivity index (χ1n) is 7.76. The van der Waals surface area contributed by atoms with Crippen molar-refractivity contribution in [2.75, 3.05) is 13.2 Å². The third kappa shape index (κ3) is 3.46. The normalized spacial score (nSPS) is 32.7. The van der Waals surface area contributed by atoms with Crippen molar-refractivity contribution < 1.29 is 4.74 Å². The van der Waals surface area contributed by atoms with Crippen molar-refractivity contribution in [3.05, 3.63) is 0 Å². The highest BCUT2D eigenvalue weighted by Gasteiger charge is 2.33. The van der Waals surface area contributed by atoms with Gasteiger partial charge in [-0.2, -0.15) is 0 Å². The summed E-state index contributed by atoms with van der Waals surface area (Å²) < 4.78 is 5.46. The van der Waals surface area contributed by atoms with Crippen LogP contribution in [0.5, 0.6) is 0 Å². The second-order valence-corrected chi connectivity index (χ2v) is 6.56. The van der Waals surface area contributed by atoms with Gasteiger partial charge in [-0.15, -0.1) is 0 Å². The van der Waals surface area contributed by atoms with Crippen molar-refractivity contribution in [2.45, 2.75) is 58.4 Å². The van der Waals surface area contributed by atoms with E-state index in [0.717, 1.165) is 36.9 Å². The van der Waals surface area contributed by atoms with Crippen LogP contribution in [0.2, 0.25) is 0 Å². The summed E-state index contributed by atoms with van der Waals surface area (Å²) >= 11 is 0. The van der Waals surface area contributed by atoms with Gasteiger partial charge in [0.15, 0.2) is 0 Å². The maximum Gasteiger partial charge on any atom is 0.0469 e. The zero-order valence-corrected chi connectivity index (χ0v) is 12.0. The van der Waals surface area contributed by atoms with Crippen LogP contribution in [0.4, 0.5) is 0 Å². The van der Waals surface area contributed by atoms with Crippen molar-refractivity contribution in [1.29, 1.82) is 0 Å². The van der Waals surface area contributed by atoms with Gasteiger partial charge in [0.25, 0.3) is 0 Å². The molecule has 3 nitrogen and oxygen atoms in total. The lowest BCUT2D eigenvalue weighted by atomic mass is 9.71. The minimum atomic E-state index is 0.516. The molecular formula is C15H30N2O. The lowest BCUT2D eigenvalue weighted by Gasteiger charge is -2.39. The molecule has 0 aromatic carbocycles. The van der Waals surface area contributed by atoms with Crippen LogP contribution in [-0.2, 0) is 4.74 Å². The molecule has 2 fully saturated rings. The number of nitrogens with one attached hydrogen (secondary N) is 1. The Labute approximate surface area is 112 Å². The molecule has 1 atom stereocenters. The van der Waals surface area contributed by atoms with E-state index in [-0.39, 0.29) is 0 Å². The Morgan fingerprint density at radius 2 is 1.39 bits per heavy atom. The summed E-state index contributed by atoms with van der Waals surface area (Å²) in [5, 5.41) is 0. The molecule has 3 N–H and O–H groups in total. The van der Waals surface area contributed by atoms with Crippen molar-refractivity contribution in [1.82, 2.24) is 5.43 Å². The molecule has 0 radical (unpaired) electrons. The standard InChI is InChI=1S/C15H30N2O/c1-11(2)12-3-5-13(6-4-12)15(17-16)14-7-9-18-10-8-14/h11-15,17H,3-10,16H2,1-2H3. The Bertz CT molecular complexity index is 231. The maximum atomic E-state index is 5.84. The van der Waals surface area contributed by atoms with Gasteiger partial charge in [0.05, 0.1) is 0 Å². The highest BCUT2D eigenvalue weighted by molar-refractivity contribution is 4.87. The van der Waals surface area contributed by atoms with Gasteiger partial charge in [0, 0.05) is 19.3 Å². The monoisotopic (exact) mass is 254 g/mol. The van der Waals surface area contributed by atoms with E-state index >= 15 is 0 Å². The molecule has 1 saturated heterocycles. The second-order valence-electron chi connectivity index (χ2n) is 6.56. The van der Waals surface area contributed by atoms with Crippen LogP contribution in [0.1, 0.15) is 52.4 Å². The molecule has 18 heavy (non-hydrogen) atoms. The summed E-state index contributed by atoms with van der Waals surface area (Å²) in [6.07, 6.45) is 7.86. The zero-order chi connectivity index (χ0) is 13.0. The summed E-state index contributed by atoms with van der Waals surface area (Å²) in [6, 6.07) is 0.516. The molecule has 0 spiro atoms. The first-order chi connectivity index (χ1) is 8.72. The maximum absolute atomic E-state index is 5.84. The quantitative estimate of drug-likeness (QED) is 0.599. The van der Waals surface area contributed by atoms with Crippen molar-refractivity contribution in [2.24, 2.45) is 29.5 Å². The summed E-state index contributed by atoms with van der Waals surface area (Å²) in [5.41, 5.74) is 3.13. The van der Waals surface area contributed by atoms with E-state index < -0.39 is 0 Å². The molecular weight excluding hydrogens is 224 g/mol. The van der Waals surface area contributed by atoms with Gasteiger partial charge < -0.3 is 4.74 Å². The minimum absolute atomic E-state index is 0.516. The Kier molecular flexibility index (Phi) is 5.46. The fraction of sp³-hybridized carbons (Fsp3) is 1.00. The van der Waals surface area contributed by atoms with Gasteiger partial charge in [0.2, 0.25) is 0 Å². The number of hydrogen-bond donors (Lipinski definition) is 2. The van der Waals surface area contributed by atoms with Gasteiger partial charge in [-0.05, 0) is 62.2 Å². The molecule has 2 rings (SSSR count). The number of nitrogens with two attached hydrogens (primary N) is 1. The largest absolute Gasteiger partial charge is 0.381 e. The highest BCUT2D eigenvalue weighted by atomic mass is 16.5. The molecule has 1 aliphatic carbocycles. The SMILES string of the molecule is CC(C)C1CCC(C(NN)C2CCOCC2)CC1. The molecule has 0 aromatic heterocycles. The molecule has 0 aromatic rings. The molecule has 1 unspecified atom stereocenters. The number of hydrazine groups is 1. The predicted molar refractivity (Wildman–Crippen MR) is 74.9 cm³/mol. The van der Waals surface area contributed by atoms with Crippen molar-refractivity contribution in [3.8, 4) is 0 Å². The van der Waals surface area contributed by atoms with Crippen LogP contribution in [-0.4, -0.2) is 19.3 Å². The highest BCUT2D eigenvalue weighted by Crippen LogP contribution is 2.37. The Morgan fingerprint density at radius 3 is 1.89 bits per heavy atom. The third-order valence-corrected chi connectivity index (χ3v) is 5.23. The van der Waals surface area contributed by atoms with E-state index in [2.05, 4.69) is 19.3 Å². The Balaban J connectivity index is 1.85. The van der Waals surface area contributed by atoms with Gasteiger partial charge >= 0.3 is 0 Å². The summed E-state index contributed by atoms with van der Waals surface area (Å²) in [6.45, 7) is 6.57. The van der Waals surface area contributed by atoms with Crippen LogP contribution in [0.25, 0.3) is 0 Å². The van der Waals surface area contributed by atoms with Crippen molar-refractivity contribution >= 4 is 0 Å². The molecule has 2 aliphatic rings. The molecule has 106 valence electrons. The lowest BCUT2D eigenvalue weighted by Crippen LogP contribution is -2.48. The summed E-state index contributed by atoms with van der Waals surface area (Å²) in [5.74, 6) is 9.13. The smallest absolute Gasteiger partial charge is 0.0469 e. The van der Waals surface area contributed by atoms with Gasteiger partial charge in [0.1, 0.15) is 0 Å². The first kappa shape index (κ1) is 14.3. The average molecular weight is 254 g/mol. The molecule has 3 heteroatoms. The van der Waals surface area contributed by atoms with Crippen LogP contribution in [0, 0.1) is 23.7 Å². The third-order valence-electron chi connectivity index (χ3n) is 5.23. The minimum Gasteiger partial charge on any atom is -0.381 e. The molecule has 1 heterocycles.